The molecular weight excluding hydrogens is 338 g/mol. The number of carbonyl (C=O) groups is 1. The number of carbonyl (C=O) groups excluding carboxylic acids is 1. The van der Waals surface area contributed by atoms with E-state index in [1.165, 1.54) is 4.57 Å². The number of hydrogen-bond donors (Lipinski definition) is 0. The molecule has 0 spiro atoms. The normalized spacial score (nSPS) is 16.8. The van der Waals surface area contributed by atoms with E-state index in [1.807, 2.05) is 11.5 Å². The maximum absolute atomic E-state index is 12.8. The van der Waals surface area contributed by atoms with Crippen LogP contribution in [0.1, 0.15) is 24.6 Å². The van der Waals surface area contributed by atoms with Gasteiger partial charge in [0.2, 0.25) is 5.91 Å². The van der Waals surface area contributed by atoms with E-state index in [-0.39, 0.29) is 18.5 Å². The van der Waals surface area contributed by atoms with Crippen LogP contribution in [0, 0.1) is 0 Å². The summed E-state index contributed by atoms with van der Waals surface area (Å²) in [6.07, 6.45) is 0. The number of amides is 1. The Morgan fingerprint density at radius 3 is 2.96 bits per heavy atom. The molecular formula is C17H19N5O4. The van der Waals surface area contributed by atoms with Crippen LogP contribution in [0.3, 0.4) is 0 Å². The molecule has 3 aromatic rings. The van der Waals surface area contributed by atoms with Crippen molar-refractivity contribution in [1.29, 1.82) is 0 Å². The Kier molecular flexibility index (Phi) is 4.08. The molecule has 0 saturated carbocycles. The van der Waals surface area contributed by atoms with Crippen molar-refractivity contribution in [3.8, 4) is 0 Å². The highest BCUT2D eigenvalue weighted by Gasteiger charge is 2.29. The maximum Gasteiger partial charge on any atom is 0.420 e. The van der Waals surface area contributed by atoms with Gasteiger partial charge in [0, 0.05) is 13.7 Å². The Morgan fingerprint density at radius 2 is 2.15 bits per heavy atom. The quantitative estimate of drug-likeness (QED) is 0.689. The molecule has 0 aliphatic carbocycles. The van der Waals surface area contributed by atoms with Gasteiger partial charge in [-0.15, -0.1) is 10.2 Å². The molecule has 4 rings (SSSR count). The first-order valence-corrected chi connectivity index (χ1v) is 8.36. The summed E-state index contributed by atoms with van der Waals surface area (Å²) in [5.41, 5.74) is 1.09. The molecule has 3 heterocycles. The van der Waals surface area contributed by atoms with Gasteiger partial charge in [-0.25, -0.2) is 4.79 Å². The first kappa shape index (κ1) is 16.5. The highest BCUT2D eigenvalue weighted by Crippen LogP contribution is 2.22. The van der Waals surface area contributed by atoms with Crippen LogP contribution in [-0.4, -0.2) is 43.8 Å². The smallest absolute Gasteiger partial charge is 0.408 e. The molecule has 0 radical (unpaired) electrons. The van der Waals surface area contributed by atoms with Gasteiger partial charge in [0.1, 0.15) is 13.2 Å². The molecule has 1 aliphatic heterocycles. The SMILES string of the molecule is COCc1nnc2n1[C@@H](C)CN(C(=O)Cn1c(=O)oc3ccccc31)C2. The predicted molar refractivity (Wildman–Crippen MR) is 91.3 cm³/mol. The number of fused-ring (bicyclic) bond motifs is 2. The fourth-order valence-electron chi connectivity index (χ4n) is 3.43. The lowest BCUT2D eigenvalue weighted by Gasteiger charge is -2.32. The molecule has 0 unspecified atom stereocenters. The van der Waals surface area contributed by atoms with Crippen molar-refractivity contribution >= 4 is 17.0 Å². The minimum absolute atomic E-state index is 0.0284. The zero-order chi connectivity index (χ0) is 18.3. The number of methoxy groups -OCH3 is 1. The summed E-state index contributed by atoms with van der Waals surface area (Å²) in [6.45, 7) is 3.18. The zero-order valence-corrected chi connectivity index (χ0v) is 14.6. The molecule has 26 heavy (non-hydrogen) atoms. The third kappa shape index (κ3) is 2.70. The highest BCUT2D eigenvalue weighted by molar-refractivity contribution is 5.79. The van der Waals surface area contributed by atoms with Gasteiger partial charge in [-0.05, 0) is 19.1 Å². The molecule has 1 aromatic carbocycles. The molecule has 0 bridgehead atoms. The average molecular weight is 357 g/mol. The van der Waals surface area contributed by atoms with Gasteiger partial charge in [0.25, 0.3) is 0 Å². The summed E-state index contributed by atoms with van der Waals surface area (Å²) in [6, 6.07) is 7.09. The van der Waals surface area contributed by atoms with Crippen LogP contribution in [-0.2, 0) is 29.2 Å². The lowest BCUT2D eigenvalue weighted by atomic mass is 10.2. The van der Waals surface area contributed by atoms with Gasteiger partial charge in [-0.3, -0.25) is 9.36 Å². The summed E-state index contributed by atoms with van der Waals surface area (Å²) >= 11 is 0. The van der Waals surface area contributed by atoms with Gasteiger partial charge in [-0.2, -0.15) is 0 Å². The van der Waals surface area contributed by atoms with Crippen LogP contribution in [0.15, 0.2) is 33.5 Å². The van der Waals surface area contributed by atoms with Crippen LogP contribution in [0.4, 0.5) is 0 Å². The van der Waals surface area contributed by atoms with E-state index in [1.54, 1.807) is 36.3 Å². The molecule has 0 saturated heterocycles. The number of aromatic nitrogens is 4. The molecule has 0 N–H and O–H groups in total. The minimum atomic E-state index is -0.532. The Morgan fingerprint density at radius 1 is 1.35 bits per heavy atom. The van der Waals surface area contributed by atoms with Crippen LogP contribution in [0.5, 0.6) is 0 Å². The van der Waals surface area contributed by atoms with E-state index in [9.17, 15) is 9.59 Å². The van der Waals surface area contributed by atoms with Crippen molar-refractivity contribution in [1.82, 2.24) is 24.2 Å². The summed E-state index contributed by atoms with van der Waals surface area (Å²) in [5.74, 6) is 0.774. The highest BCUT2D eigenvalue weighted by atomic mass is 16.5. The van der Waals surface area contributed by atoms with E-state index in [0.29, 0.717) is 36.6 Å². The van der Waals surface area contributed by atoms with E-state index in [4.69, 9.17) is 9.15 Å². The van der Waals surface area contributed by atoms with Gasteiger partial charge < -0.3 is 18.6 Å². The van der Waals surface area contributed by atoms with Crippen LogP contribution in [0.25, 0.3) is 11.1 Å². The van der Waals surface area contributed by atoms with Crippen molar-refractivity contribution in [3.05, 3.63) is 46.5 Å². The average Bonchev–Trinajstić information content (AvgIpc) is 3.17. The molecule has 9 nitrogen and oxygen atoms in total. The third-order valence-corrected chi connectivity index (χ3v) is 4.59. The lowest BCUT2D eigenvalue weighted by molar-refractivity contribution is -0.133. The lowest BCUT2D eigenvalue weighted by Crippen LogP contribution is -2.43. The molecule has 136 valence electrons. The Labute approximate surface area is 148 Å². The largest absolute Gasteiger partial charge is 0.420 e. The van der Waals surface area contributed by atoms with Crippen molar-refractivity contribution in [2.24, 2.45) is 0 Å². The fourth-order valence-corrected chi connectivity index (χ4v) is 3.43. The van der Waals surface area contributed by atoms with E-state index >= 15 is 0 Å². The first-order chi connectivity index (χ1) is 12.6. The van der Waals surface area contributed by atoms with Gasteiger partial charge >= 0.3 is 5.76 Å². The number of para-hydroxylation sites is 2. The van der Waals surface area contributed by atoms with Crippen LogP contribution in [0.2, 0.25) is 0 Å². The molecule has 1 atom stereocenters. The molecule has 0 fully saturated rings. The summed E-state index contributed by atoms with van der Waals surface area (Å²) in [5, 5.41) is 8.32. The zero-order valence-electron chi connectivity index (χ0n) is 14.6. The maximum atomic E-state index is 12.8. The second kappa shape index (κ2) is 6.41. The number of benzene rings is 1. The number of ether oxygens (including phenoxy) is 1. The second-order valence-electron chi connectivity index (χ2n) is 6.38. The van der Waals surface area contributed by atoms with E-state index in [0.717, 1.165) is 5.82 Å². The summed E-state index contributed by atoms with van der Waals surface area (Å²) in [4.78, 5) is 26.6. The number of rotatable bonds is 4. The van der Waals surface area contributed by atoms with Crippen LogP contribution >= 0.6 is 0 Å². The second-order valence-corrected chi connectivity index (χ2v) is 6.38. The standard InChI is InChI=1S/C17H19N5O4/c1-11-7-20(8-14-18-19-15(10-25-2)22(11)14)16(23)9-21-12-5-3-4-6-13(12)26-17(21)24/h3-6,11H,7-10H2,1-2H3/t11-/m0/s1. The minimum Gasteiger partial charge on any atom is -0.408 e. The van der Waals surface area contributed by atoms with Gasteiger partial charge in [-0.1, -0.05) is 12.1 Å². The van der Waals surface area contributed by atoms with Crippen molar-refractivity contribution in [2.75, 3.05) is 13.7 Å². The van der Waals surface area contributed by atoms with Crippen molar-refractivity contribution < 1.29 is 13.9 Å². The Balaban J connectivity index is 1.57. The molecule has 2 aromatic heterocycles. The van der Waals surface area contributed by atoms with Gasteiger partial charge in [0.05, 0.1) is 18.1 Å². The van der Waals surface area contributed by atoms with Crippen molar-refractivity contribution in [3.63, 3.8) is 0 Å². The summed E-state index contributed by atoms with van der Waals surface area (Å²) in [7, 11) is 1.61. The Hall–Kier alpha value is -2.94. The first-order valence-electron chi connectivity index (χ1n) is 8.36. The topological polar surface area (TPSA) is 95.4 Å². The molecule has 1 aliphatic rings. The van der Waals surface area contributed by atoms with E-state index < -0.39 is 5.76 Å². The van der Waals surface area contributed by atoms with Crippen molar-refractivity contribution in [2.45, 2.75) is 32.7 Å². The predicted octanol–water partition coefficient (Wildman–Crippen LogP) is 0.936. The molecule has 9 heteroatoms. The summed E-state index contributed by atoms with van der Waals surface area (Å²) < 4.78 is 13.7. The van der Waals surface area contributed by atoms with Crippen LogP contribution < -0.4 is 5.76 Å². The Bertz CT molecular complexity index is 1020. The number of nitrogens with zero attached hydrogens (tertiary/aromatic N) is 5. The van der Waals surface area contributed by atoms with E-state index in [2.05, 4.69) is 10.2 Å². The monoisotopic (exact) mass is 357 g/mol. The number of hydrogen-bond acceptors (Lipinski definition) is 6. The number of oxazole rings is 1. The van der Waals surface area contributed by atoms with Gasteiger partial charge in [0.15, 0.2) is 17.2 Å². The fraction of sp³-hybridized carbons (Fsp3) is 0.412. The molecule has 1 amide bonds. The third-order valence-electron chi connectivity index (χ3n) is 4.59.